The average molecular weight is 439 g/mol. The van der Waals surface area contributed by atoms with Gasteiger partial charge < -0.3 is 10.2 Å². The lowest BCUT2D eigenvalue weighted by Crippen LogP contribution is -2.37. The van der Waals surface area contributed by atoms with E-state index in [4.69, 9.17) is 0 Å². The van der Waals surface area contributed by atoms with Crippen LogP contribution in [0.1, 0.15) is 45.0 Å². The number of amides is 2. The third-order valence-corrected chi connectivity index (χ3v) is 7.03. The van der Waals surface area contributed by atoms with Gasteiger partial charge in [-0.05, 0) is 54.8 Å². The minimum absolute atomic E-state index is 0.0410. The highest BCUT2D eigenvalue weighted by Crippen LogP contribution is 2.29. The second kappa shape index (κ2) is 8.26. The van der Waals surface area contributed by atoms with Crippen molar-refractivity contribution in [1.29, 1.82) is 0 Å². The summed E-state index contributed by atoms with van der Waals surface area (Å²) in [6, 6.07) is 8.52. The van der Waals surface area contributed by atoms with E-state index in [1.807, 2.05) is 4.90 Å². The van der Waals surface area contributed by atoms with E-state index in [0.717, 1.165) is 43.5 Å². The Balaban J connectivity index is 1.24. The zero-order valence-corrected chi connectivity index (χ0v) is 17.9. The molecule has 5 rings (SSSR count). The first-order chi connectivity index (χ1) is 15.1. The van der Waals surface area contributed by atoms with Gasteiger partial charge in [-0.15, -0.1) is 11.3 Å². The molecule has 0 radical (unpaired) electrons. The summed E-state index contributed by atoms with van der Waals surface area (Å²) in [5, 5.41) is 9.35. The molecule has 3 heterocycles. The van der Waals surface area contributed by atoms with E-state index in [-0.39, 0.29) is 30.6 Å². The Bertz CT molecular complexity index is 1150. The molecular formula is C23H23FN4O2S. The number of thiophene rings is 1. The van der Waals surface area contributed by atoms with Gasteiger partial charge in [0.05, 0.1) is 0 Å². The van der Waals surface area contributed by atoms with E-state index in [1.165, 1.54) is 16.5 Å². The number of halogens is 1. The Morgan fingerprint density at radius 3 is 2.90 bits per heavy atom. The molecule has 0 unspecified atom stereocenters. The van der Waals surface area contributed by atoms with Gasteiger partial charge in [-0.1, -0.05) is 12.1 Å². The van der Waals surface area contributed by atoms with E-state index in [9.17, 15) is 14.0 Å². The molecule has 2 aliphatic rings. The fourth-order valence-electron chi connectivity index (χ4n) is 4.43. The lowest BCUT2D eigenvalue weighted by molar-refractivity contribution is -0.131. The third kappa shape index (κ3) is 3.76. The number of benzene rings is 1. The number of carbonyl (C=O) groups excluding carboxylic acids is 2. The normalized spacial score (nSPS) is 14.9. The Morgan fingerprint density at radius 1 is 1.16 bits per heavy atom. The average Bonchev–Trinajstić information content (AvgIpc) is 3.50. The topological polar surface area (TPSA) is 67.2 Å². The van der Waals surface area contributed by atoms with E-state index < -0.39 is 0 Å². The van der Waals surface area contributed by atoms with Crippen LogP contribution >= 0.6 is 11.3 Å². The fourth-order valence-corrected chi connectivity index (χ4v) is 5.32. The van der Waals surface area contributed by atoms with Crippen LogP contribution in [0.15, 0.2) is 35.7 Å². The van der Waals surface area contributed by atoms with Crippen molar-refractivity contribution in [1.82, 2.24) is 20.0 Å². The number of para-hydroxylation sites is 1. The summed E-state index contributed by atoms with van der Waals surface area (Å²) >= 11 is 1.74. The molecule has 0 atom stereocenters. The predicted octanol–water partition coefficient (Wildman–Crippen LogP) is 3.27. The first-order valence-electron chi connectivity index (χ1n) is 10.6. The van der Waals surface area contributed by atoms with E-state index >= 15 is 0 Å². The largest absolute Gasteiger partial charge is 0.350 e. The first kappa shape index (κ1) is 19.9. The van der Waals surface area contributed by atoms with E-state index in [2.05, 4.69) is 21.9 Å². The molecule has 0 bridgehead atoms. The summed E-state index contributed by atoms with van der Waals surface area (Å²) in [6.07, 6.45) is 3.58. The lowest BCUT2D eigenvalue weighted by Gasteiger charge is -2.27. The number of hydrogen-bond acceptors (Lipinski definition) is 4. The number of nitrogens with one attached hydrogen (secondary N) is 1. The molecule has 0 spiro atoms. The number of nitrogens with zero attached hydrogens (tertiary/aromatic N) is 3. The van der Waals surface area contributed by atoms with Gasteiger partial charge in [0.2, 0.25) is 5.91 Å². The van der Waals surface area contributed by atoms with Gasteiger partial charge in [-0.25, -0.2) is 9.07 Å². The zero-order valence-electron chi connectivity index (χ0n) is 17.1. The van der Waals surface area contributed by atoms with Gasteiger partial charge in [0.1, 0.15) is 11.5 Å². The summed E-state index contributed by atoms with van der Waals surface area (Å²) in [6.45, 7) is 1.62. The summed E-state index contributed by atoms with van der Waals surface area (Å²) < 4.78 is 15.9. The smallest absolute Gasteiger partial charge is 0.272 e. The molecule has 8 heteroatoms. The maximum atomic E-state index is 14.3. The maximum Gasteiger partial charge on any atom is 0.272 e. The molecule has 1 aromatic carbocycles. The predicted molar refractivity (Wildman–Crippen MR) is 116 cm³/mol. The highest BCUT2D eigenvalue weighted by atomic mass is 32.1. The number of carbonyl (C=O) groups is 2. The van der Waals surface area contributed by atoms with Crippen molar-refractivity contribution in [2.45, 2.75) is 38.6 Å². The fraction of sp³-hybridized carbons (Fsp3) is 0.348. The van der Waals surface area contributed by atoms with E-state index in [0.29, 0.717) is 17.9 Å². The molecule has 3 aromatic rings. The molecule has 2 amide bonds. The second-order valence-electron chi connectivity index (χ2n) is 7.93. The summed E-state index contributed by atoms with van der Waals surface area (Å²) in [5.41, 5.74) is 3.69. The van der Waals surface area contributed by atoms with Gasteiger partial charge in [0.15, 0.2) is 5.69 Å². The Morgan fingerprint density at radius 2 is 2.03 bits per heavy atom. The van der Waals surface area contributed by atoms with Crippen LogP contribution in [0.3, 0.4) is 0 Å². The van der Waals surface area contributed by atoms with Crippen molar-refractivity contribution >= 4 is 23.2 Å². The van der Waals surface area contributed by atoms with Crippen molar-refractivity contribution < 1.29 is 14.0 Å². The number of fused-ring (bicyclic) bond motifs is 2. The third-order valence-electron chi connectivity index (χ3n) is 6.01. The van der Waals surface area contributed by atoms with Crippen LogP contribution in [0.2, 0.25) is 0 Å². The molecule has 0 saturated carbocycles. The Hall–Kier alpha value is -3.00. The molecule has 0 saturated heterocycles. The van der Waals surface area contributed by atoms with Crippen LogP contribution in [-0.2, 0) is 30.6 Å². The maximum absolute atomic E-state index is 14.3. The molecule has 31 heavy (non-hydrogen) atoms. The lowest BCUT2D eigenvalue weighted by atomic mass is 10.1. The van der Waals surface area contributed by atoms with Gasteiger partial charge in [-0.3, -0.25) is 9.59 Å². The van der Waals surface area contributed by atoms with Gasteiger partial charge in [-0.2, -0.15) is 5.10 Å². The van der Waals surface area contributed by atoms with Gasteiger partial charge >= 0.3 is 0 Å². The number of hydrogen-bond donors (Lipinski definition) is 1. The molecule has 0 fully saturated rings. The molecule has 2 aromatic heterocycles. The molecule has 1 N–H and O–H groups in total. The Kier molecular flexibility index (Phi) is 5.31. The molecule has 1 aliphatic heterocycles. The highest BCUT2D eigenvalue weighted by Gasteiger charge is 2.28. The summed E-state index contributed by atoms with van der Waals surface area (Å²) in [7, 11) is 0. The first-order valence-corrected chi connectivity index (χ1v) is 11.5. The van der Waals surface area contributed by atoms with Crippen molar-refractivity contribution in [3.63, 3.8) is 0 Å². The minimum Gasteiger partial charge on any atom is -0.350 e. The monoisotopic (exact) mass is 438 g/mol. The summed E-state index contributed by atoms with van der Waals surface area (Å²) in [4.78, 5) is 28.6. The second-order valence-corrected chi connectivity index (χ2v) is 8.93. The summed E-state index contributed by atoms with van der Waals surface area (Å²) in [5.74, 6) is -0.633. The van der Waals surface area contributed by atoms with Gasteiger partial charge in [0.25, 0.3) is 5.91 Å². The molecule has 1 aliphatic carbocycles. The Labute approximate surface area is 183 Å². The highest BCUT2D eigenvalue weighted by molar-refractivity contribution is 7.10. The van der Waals surface area contributed by atoms with Crippen LogP contribution in [-0.4, -0.2) is 39.6 Å². The van der Waals surface area contributed by atoms with Crippen LogP contribution in [0.25, 0.3) is 5.69 Å². The SMILES string of the molecule is O=C(NCCC(=O)N1CCc2sccc2C1)c1nn(-c2ccccc2F)c2c1CCC2. The van der Waals surface area contributed by atoms with Crippen molar-refractivity contribution in [3.05, 3.63) is 68.9 Å². The quantitative estimate of drug-likeness (QED) is 0.665. The zero-order chi connectivity index (χ0) is 21.4. The molecular weight excluding hydrogens is 415 g/mol. The minimum atomic E-state index is -0.368. The molecule has 160 valence electrons. The van der Waals surface area contributed by atoms with Crippen LogP contribution in [0.4, 0.5) is 4.39 Å². The van der Waals surface area contributed by atoms with Crippen molar-refractivity contribution in [2.75, 3.05) is 13.1 Å². The molecule has 6 nitrogen and oxygen atoms in total. The van der Waals surface area contributed by atoms with Crippen LogP contribution in [0, 0.1) is 5.82 Å². The van der Waals surface area contributed by atoms with Gasteiger partial charge in [0, 0.05) is 42.2 Å². The standard InChI is InChI=1S/C23H23FN4O2S/c24-17-5-1-2-6-19(17)28-18-7-3-4-16(18)22(26-28)23(30)25-11-8-21(29)27-12-9-20-15(14-27)10-13-31-20/h1-2,5-6,10,13H,3-4,7-9,11-12,14H2,(H,25,30). The van der Waals surface area contributed by atoms with Crippen LogP contribution < -0.4 is 5.32 Å². The van der Waals surface area contributed by atoms with Crippen molar-refractivity contribution in [3.8, 4) is 5.69 Å². The number of aromatic nitrogens is 2. The van der Waals surface area contributed by atoms with E-state index in [1.54, 1.807) is 34.2 Å². The van der Waals surface area contributed by atoms with Crippen molar-refractivity contribution in [2.24, 2.45) is 0 Å². The number of rotatable bonds is 5. The van der Waals surface area contributed by atoms with Crippen LogP contribution in [0.5, 0.6) is 0 Å².